The molecule has 5 rings (SSSR count). The van der Waals surface area contributed by atoms with Crippen LogP contribution in [0.25, 0.3) is 10.9 Å². The zero-order valence-electron chi connectivity index (χ0n) is 23.2. The summed E-state index contributed by atoms with van der Waals surface area (Å²) in [6.07, 6.45) is 19.6. The number of benzene rings is 1. The first-order valence-electron chi connectivity index (χ1n) is 14.7. The Morgan fingerprint density at radius 3 is 2.46 bits per heavy atom. The van der Waals surface area contributed by atoms with E-state index in [1.54, 1.807) is 7.11 Å². The molecule has 3 unspecified atom stereocenters. The van der Waals surface area contributed by atoms with Crippen molar-refractivity contribution in [1.82, 2.24) is 4.98 Å². The van der Waals surface area contributed by atoms with E-state index < -0.39 is 6.10 Å². The molecule has 1 aromatic heterocycles. The number of nitrogens with zero attached hydrogens (tertiary/aromatic N) is 2. The van der Waals surface area contributed by atoms with Crippen molar-refractivity contribution in [2.24, 2.45) is 11.8 Å². The first kappa shape index (κ1) is 30.1. The molecule has 4 heterocycles. The third kappa shape index (κ3) is 7.16. The molecule has 5 atom stereocenters. The van der Waals surface area contributed by atoms with Gasteiger partial charge in [-0.15, -0.1) is 6.58 Å². The second kappa shape index (κ2) is 14.6. The quantitative estimate of drug-likeness (QED) is 0.192. The maximum Gasteiger partial charge on any atom is 0.131 e. The summed E-state index contributed by atoms with van der Waals surface area (Å²) in [6, 6.07) is 8.26. The van der Waals surface area contributed by atoms with Gasteiger partial charge in [0.2, 0.25) is 0 Å². The number of hydrogen-bond donors (Lipinski definition) is 1. The molecule has 2 bridgehead atoms. The smallest absolute Gasteiger partial charge is 0.131 e. The van der Waals surface area contributed by atoms with Gasteiger partial charge in [0.25, 0.3) is 0 Å². The summed E-state index contributed by atoms with van der Waals surface area (Å²) in [5.74, 6) is 2.05. The predicted molar refractivity (Wildman–Crippen MR) is 150 cm³/mol. The number of fused-ring (bicyclic) bond motifs is 4. The van der Waals surface area contributed by atoms with E-state index in [1.807, 2.05) is 30.5 Å². The monoisotopic (exact) mass is 572 g/mol. The van der Waals surface area contributed by atoms with E-state index in [-0.39, 0.29) is 23.0 Å². The van der Waals surface area contributed by atoms with Gasteiger partial charge in [0.05, 0.1) is 32.3 Å². The van der Waals surface area contributed by atoms with Crippen molar-refractivity contribution in [2.75, 3.05) is 26.7 Å². The largest absolute Gasteiger partial charge is 1.00 e. The lowest BCUT2D eigenvalue weighted by Crippen LogP contribution is -3.00. The number of quaternary nitrogens is 1. The topological polar surface area (TPSA) is 42.4 Å². The molecule has 2 aromatic rings. The van der Waals surface area contributed by atoms with Gasteiger partial charge in [0.15, 0.2) is 0 Å². The fourth-order valence-corrected chi connectivity index (χ4v) is 7.14. The van der Waals surface area contributed by atoms with Gasteiger partial charge in [0, 0.05) is 30.3 Å². The summed E-state index contributed by atoms with van der Waals surface area (Å²) < 4.78 is 6.55. The molecule has 3 aliphatic rings. The Bertz CT molecular complexity index is 982. The maximum atomic E-state index is 11.9. The molecule has 0 aliphatic carbocycles. The molecule has 5 heteroatoms. The molecule has 37 heavy (non-hydrogen) atoms. The lowest BCUT2D eigenvalue weighted by atomic mass is 9.71. The van der Waals surface area contributed by atoms with Crippen molar-refractivity contribution in [1.29, 1.82) is 0 Å². The molecule has 4 nitrogen and oxygen atoms in total. The summed E-state index contributed by atoms with van der Waals surface area (Å²) in [5.41, 5.74) is 1.93. The number of ether oxygens (including phenoxy) is 1. The van der Waals surface area contributed by atoms with E-state index in [0.29, 0.717) is 11.8 Å². The molecule has 0 radical (unpaired) electrons. The van der Waals surface area contributed by atoms with E-state index in [2.05, 4.69) is 24.6 Å². The summed E-state index contributed by atoms with van der Waals surface area (Å²) in [4.78, 5) is 4.56. The van der Waals surface area contributed by atoms with Gasteiger partial charge in [-0.3, -0.25) is 4.98 Å². The minimum Gasteiger partial charge on any atom is -1.00 e. The number of methoxy groups -OCH3 is 1. The van der Waals surface area contributed by atoms with Crippen LogP contribution in [0.4, 0.5) is 0 Å². The van der Waals surface area contributed by atoms with Crippen LogP contribution in [0.3, 0.4) is 0 Å². The molecule has 3 fully saturated rings. The molecule has 0 saturated carbocycles. The van der Waals surface area contributed by atoms with Crippen molar-refractivity contribution in [3.63, 3.8) is 0 Å². The van der Waals surface area contributed by atoms with Crippen molar-refractivity contribution in [3.05, 3.63) is 48.7 Å². The molecule has 3 saturated heterocycles. The van der Waals surface area contributed by atoms with Crippen LogP contribution < -0.4 is 21.7 Å². The van der Waals surface area contributed by atoms with Gasteiger partial charge in [0.1, 0.15) is 17.9 Å². The van der Waals surface area contributed by atoms with E-state index in [9.17, 15) is 5.11 Å². The second-order valence-corrected chi connectivity index (χ2v) is 11.5. The predicted octanol–water partition coefficient (Wildman–Crippen LogP) is 4.61. The van der Waals surface area contributed by atoms with Crippen molar-refractivity contribution in [3.8, 4) is 5.75 Å². The van der Waals surface area contributed by atoms with Gasteiger partial charge in [-0.05, 0) is 48.6 Å². The first-order chi connectivity index (χ1) is 17.6. The second-order valence-electron chi connectivity index (χ2n) is 11.5. The molecular weight excluding hydrogens is 524 g/mol. The Labute approximate surface area is 235 Å². The number of rotatable bonds is 15. The Balaban J connectivity index is 0.00000380. The van der Waals surface area contributed by atoms with Crippen molar-refractivity contribution in [2.45, 2.75) is 96.1 Å². The van der Waals surface area contributed by atoms with E-state index in [1.165, 1.54) is 83.7 Å². The Morgan fingerprint density at radius 2 is 1.78 bits per heavy atom. The van der Waals surface area contributed by atoms with Gasteiger partial charge in [-0.25, -0.2) is 0 Å². The molecule has 0 amide bonds. The fraction of sp³-hybridized carbons (Fsp3) is 0.656. The zero-order valence-corrected chi connectivity index (χ0v) is 24.8. The third-order valence-electron chi connectivity index (χ3n) is 9.30. The van der Waals surface area contributed by atoms with E-state index >= 15 is 0 Å². The summed E-state index contributed by atoms with van der Waals surface area (Å²) >= 11 is 0. The number of aliphatic hydroxyl groups excluding tert-OH is 1. The van der Waals surface area contributed by atoms with Crippen LogP contribution in [0.1, 0.15) is 95.6 Å². The van der Waals surface area contributed by atoms with Crippen molar-refractivity contribution >= 4 is 10.9 Å². The number of halogens is 1. The highest BCUT2D eigenvalue weighted by Crippen LogP contribution is 2.47. The molecule has 1 N–H and O–H groups in total. The molecule has 206 valence electrons. The first-order valence-corrected chi connectivity index (χ1v) is 14.7. The molecule has 1 aromatic carbocycles. The summed E-state index contributed by atoms with van der Waals surface area (Å²) in [5, 5.41) is 12.9. The lowest BCUT2D eigenvalue weighted by molar-refractivity contribution is -0.973. The number of aliphatic hydroxyl groups is 1. The molecule has 3 aliphatic heterocycles. The number of hydrogen-bond acceptors (Lipinski definition) is 3. The van der Waals surface area contributed by atoms with Crippen LogP contribution in [0.5, 0.6) is 5.75 Å². The van der Waals surface area contributed by atoms with Gasteiger partial charge >= 0.3 is 0 Å². The lowest BCUT2D eigenvalue weighted by Gasteiger charge is -2.58. The summed E-state index contributed by atoms with van der Waals surface area (Å²) in [6.45, 7) is 9.99. The molecule has 0 spiro atoms. The number of aromatic nitrogens is 1. The Morgan fingerprint density at radius 1 is 1.08 bits per heavy atom. The van der Waals surface area contributed by atoms with Gasteiger partial charge in [-0.1, -0.05) is 64.4 Å². The van der Waals surface area contributed by atoms with Crippen LogP contribution >= 0.6 is 0 Å². The Kier molecular flexibility index (Phi) is 11.9. The SMILES string of the molecule is C=CC1C[N+]2(CCCCCCCCCCCC)CCC1C[C@H]2[C@@H](O)c1ccnc2ccc(OC)cc12.[Br-]. The number of pyridine rings is 1. The minimum atomic E-state index is -0.487. The number of piperidine rings is 3. The van der Waals surface area contributed by atoms with Gasteiger partial charge in [-0.2, -0.15) is 0 Å². The normalized spacial score (nSPS) is 25.5. The average Bonchev–Trinajstić information content (AvgIpc) is 2.93. The minimum absolute atomic E-state index is 0. The Hall–Kier alpha value is -1.43. The van der Waals surface area contributed by atoms with E-state index in [0.717, 1.165) is 39.7 Å². The fourth-order valence-electron chi connectivity index (χ4n) is 7.14. The number of unbranched alkanes of at least 4 members (excludes halogenated alkanes) is 9. The van der Waals surface area contributed by atoms with Crippen LogP contribution in [0.2, 0.25) is 0 Å². The molecular formula is C32H49BrN2O2. The van der Waals surface area contributed by atoms with E-state index in [4.69, 9.17) is 4.74 Å². The van der Waals surface area contributed by atoms with Crippen LogP contribution in [0, 0.1) is 11.8 Å². The average molecular weight is 574 g/mol. The zero-order chi connectivity index (χ0) is 25.4. The van der Waals surface area contributed by atoms with Gasteiger partial charge < -0.3 is 31.3 Å². The van der Waals surface area contributed by atoms with Crippen molar-refractivity contribution < 1.29 is 31.3 Å². The highest BCUT2D eigenvalue weighted by molar-refractivity contribution is 5.83. The van der Waals surface area contributed by atoms with Crippen LogP contribution in [-0.2, 0) is 0 Å². The highest BCUT2D eigenvalue weighted by atomic mass is 79.9. The maximum absolute atomic E-state index is 11.9. The standard InChI is InChI=1S/C32H49N2O2.BrH/c1-4-6-7-8-9-10-11-12-13-14-20-34-21-18-26(25(5-2)24-34)22-31(34)32(35)28-17-19-33-30-16-15-27(36-3)23-29(28)30;/h5,15-17,19,23,25-26,31-32,35H,2,4,6-14,18,20-22,24H2,1,3H3;1H/q+1;/p-1/t25?,26?,31-,32-,34?;/m0./s1. The summed E-state index contributed by atoms with van der Waals surface area (Å²) in [7, 11) is 1.70. The van der Waals surface area contributed by atoms with Crippen LogP contribution in [0.15, 0.2) is 43.1 Å². The highest BCUT2D eigenvalue weighted by Gasteiger charge is 2.53. The third-order valence-corrected chi connectivity index (χ3v) is 9.30. The van der Waals surface area contributed by atoms with Crippen LogP contribution in [-0.4, -0.2) is 47.4 Å².